The maximum Gasteiger partial charge on any atom is 0.129 e. The minimum atomic E-state index is -1.28. The molecule has 0 saturated heterocycles. The normalized spacial score (nSPS) is 11.0. The van der Waals surface area contributed by atoms with E-state index in [1.807, 2.05) is 0 Å². The monoisotopic (exact) mass is 270 g/mol. The first-order valence-electron chi connectivity index (χ1n) is 6.32. The second-order valence-corrected chi connectivity index (χ2v) is 16.1. The molecule has 1 rings (SSSR count). The van der Waals surface area contributed by atoms with E-state index in [1.54, 1.807) is 0 Å². The van der Waals surface area contributed by atoms with Gasteiger partial charge in [0, 0.05) is 11.1 Å². The minimum absolute atomic E-state index is 1.09. The molecule has 0 aliphatic rings. The molecule has 1 aromatic rings. The molecule has 0 N–H and O–H groups in total. The summed E-state index contributed by atoms with van der Waals surface area (Å²) in [4.78, 5) is 0. The van der Waals surface area contributed by atoms with Crippen molar-refractivity contribution in [3.8, 4) is 22.9 Å². The average molecular weight is 271 g/mol. The van der Waals surface area contributed by atoms with E-state index in [2.05, 4.69) is 86.5 Å². The van der Waals surface area contributed by atoms with Crippen molar-refractivity contribution in [1.29, 1.82) is 0 Å². The Balaban J connectivity index is 2.86. The number of hydrogen-bond acceptors (Lipinski definition) is 0. The van der Waals surface area contributed by atoms with Crippen molar-refractivity contribution >= 4 is 16.1 Å². The second kappa shape index (κ2) is 5.61. The largest absolute Gasteiger partial charge is 0.129 e. The van der Waals surface area contributed by atoms with E-state index in [1.165, 1.54) is 0 Å². The van der Waals surface area contributed by atoms with Gasteiger partial charge in [0.1, 0.15) is 16.1 Å². The summed E-state index contributed by atoms with van der Waals surface area (Å²) in [7, 11) is -2.55. The van der Waals surface area contributed by atoms with Crippen molar-refractivity contribution in [3.05, 3.63) is 35.4 Å². The van der Waals surface area contributed by atoms with Gasteiger partial charge in [-0.25, -0.2) is 0 Å². The van der Waals surface area contributed by atoms with E-state index in [4.69, 9.17) is 0 Å². The maximum absolute atomic E-state index is 3.37. The Morgan fingerprint density at radius 2 is 0.889 bits per heavy atom. The summed E-state index contributed by atoms with van der Waals surface area (Å²) < 4.78 is 0. The molecule has 0 heterocycles. The highest BCUT2D eigenvalue weighted by atomic mass is 28.3. The Labute approximate surface area is 114 Å². The van der Waals surface area contributed by atoms with Crippen LogP contribution in [0.1, 0.15) is 11.1 Å². The first-order chi connectivity index (χ1) is 8.16. The van der Waals surface area contributed by atoms with Gasteiger partial charge in [-0.1, -0.05) is 51.1 Å². The standard InChI is InChI=1S/C16H22Si2/c1-17(2,3)13-11-15-7-9-16(10-8-15)12-14-18(4,5)6/h7-10H,1-6H3. The lowest BCUT2D eigenvalue weighted by Gasteiger charge is -2.04. The molecule has 0 aromatic heterocycles. The molecule has 0 spiro atoms. The van der Waals surface area contributed by atoms with Crippen molar-refractivity contribution in [2.45, 2.75) is 39.3 Å². The van der Waals surface area contributed by atoms with Crippen LogP contribution in [-0.2, 0) is 0 Å². The smallest absolute Gasteiger partial charge is 0.127 e. The molecule has 0 bridgehead atoms. The summed E-state index contributed by atoms with van der Waals surface area (Å²) in [6.07, 6.45) is 0. The molecule has 0 aliphatic carbocycles. The van der Waals surface area contributed by atoms with Gasteiger partial charge in [0.15, 0.2) is 0 Å². The molecule has 1 aromatic carbocycles. The Morgan fingerprint density at radius 1 is 0.611 bits per heavy atom. The maximum atomic E-state index is 3.37. The highest BCUT2D eigenvalue weighted by Gasteiger charge is 2.08. The first-order valence-corrected chi connectivity index (χ1v) is 13.3. The van der Waals surface area contributed by atoms with Gasteiger partial charge in [-0.2, -0.15) is 0 Å². The van der Waals surface area contributed by atoms with Crippen LogP contribution in [0.15, 0.2) is 24.3 Å². The van der Waals surface area contributed by atoms with Crippen molar-refractivity contribution in [3.63, 3.8) is 0 Å². The van der Waals surface area contributed by atoms with E-state index in [-0.39, 0.29) is 0 Å². The zero-order valence-corrected chi connectivity index (χ0v) is 14.3. The highest BCUT2D eigenvalue weighted by Crippen LogP contribution is 2.05. The molecule has 0 amide bonds. The summed E-state index contributed by atoms with van der Waals surface area (Å²) in [5, 5.41) is 0. The zero-order chi connectivity index (χ0) is 13.8. The molecular formula is C16H22Si2. The van der Waals surface area contributed by atoms with Crippen LogP contribution in [0.25, 0.3) is 0 Å². The number of rotatable bonds is 0. The van der Waals surface area contributed by atoms with Gasteiger partial charge in [-0.05, 0) is 24.3 Å². The molecule has 18 heavy (non-hydrogen) atoms. The van der Waals surface area contributed by atoms with Crippen molar-refractivity contribution in [1.82, 2.24) is 0 Å². The topological polar surface area (TPSA) is 0 Å². The lowest BCUT2D eigenvalue weighted by atomic mass is 10.1. The van der Waals surface area contributed by atoms with Crippen LogP contribution in [0.2, 0.25) is 39.3 Å². The molecule has 0 aliphatic heterocycles. The summed E-state index contributed by atoms with van der Waals surface area (Å²) in [5.74, 6) is 6.51. The third-order valence-corrected chi connectivity index (χ3v) is 3.80. The minimum Gasteiger partial charge on any atom is -0.127 e. The van der Waals surface area contributed by atoms with Gasteiger partial charge in [-0.15, -0.1) is 11.1 Å². The lowest BCUT2D eigenvalue weighted by Crippen LogP contribution is -2.16. The van der Waals surface area contributed by atoms with E-state index in [0.717, 1.165) is 11.1 Å². The van der Waals surface area contributed by atoms with E-state index < -0.39 is 16.1 Å². The summed E-state index contributed by atoms with van der Waals surface area (Å²) in [5.41, 5.74) is 8.93. The fourth-order valence-electron chi connectivity index (χ4n) is 1.16. The van der Waals surface area contributed by atoms with Gasteiger partial charge in [0.25, 0.3) is 0 Å². The SMILES string of the molecule is C[Si](C)(C)C#Cc1ccc(C#C[Si](C)(C)C)cc1. The second-order valence-electron chi connectivity index (χ2n) is 6.58. The molecule has 0 nitrogen and oxygen atoms in total. The van der Waals surface area contributed by atoms with Crippen LogP contribution in [0.5, 0.6) is 0 Å². The van der Waals surface area contributed by atoms with Gasteiger partial charge < -0.3 is 0 Å². The summed E-state index contributed by atoms with van der Waals surface area (Å²) >= 11 is 0. The third kappa shape index (κ3) is 6.49. The van der Waals surface area contributed by atoms with Crippen LogP contribution < -0.4 is 0 Å². The molecule has 0 radical (unpaired) electrons. The fraction of sp³-hybridized carbons (Fsp3) is 0.375. The predicted octanol–water partition coefficient (Wildman–Crippen LogP) is 4.14. The molecule has 0 saturated carbocycles. The summed E-state index contributed by atoms with van der Waals surface area (Å²) in [6.45, 7) is 13.5. The zero-order valence-electron chi connectivity index (χ0n) is 12.3. The average Bonchev–Trinajstić information content (AvgIpc) is 2.23. The van der Waals surface area contributed by atoms with Crippen molar-refractivity contribution < 1.29 is 0 Å². The molecule has 94 valence electrons. The number of hydrogen-bond donors (Lipinski definition) is 0. The quantitative estimate of drug-likeness (QED) is 0.491. The van der Waals surface area contributed by atoms with E-state index in [9.17, 15) is 0 Å². The van der Waals surface area contributed by atoms with Gasteiger partial charge in [-0.3, -0.25) is 0 Å². The van der Waals surface area contributed by atoms with Crippen molar-refractivity contribution in [2.75, 3.05) is 0 Å². The van der Waals surface area contributed by atoms with Gasteiger partial charge >= 0.3 is 0 Å². The van der Waals surface area contributed by atoms with Crippen LogP contribution in [0, 0.1) is 22.9 Å². The van der Waals surface area contributed by atoms with Crippen LogP contribution >= 0.6 is 0 Å². The Morgan fingerprint density at radius 3 is 1.11 bits per heavy atom. The summed E-state index contributed by atoms with van der Waals surface area (Å²) in [6, 6.07) is 8.28. The van der Waals surface area contributed by atoms with Crippen LogP contribution in [0.3, 0.4) is 0 Å². The Bertz CT molecular complexity index is 466. The number of benzene rings is 1. The Hall–Kier alpha value is -1.23. The molecule has 0 fully saturated rings. The van der Waals surface area contributed by atoms with Crippen LogP contribution in [0.4, 0.5) is 0 Å². The predicted molar refractivity (Wildman–Crippen MR) is 86.9 cm³/mol. The van der Waals surface area contributed by atoms with E-state index >= 15 is 0 Å². The molecular weight excluding hydrogens is 248 g/mol. The fourth-order valence-corrected chi connectivity index (χ4v) is 2.19. The van der Waals surface area contributed by atoms with Crippen LogP contribution in [-0.4, -0.2) is 16.1 Å². The van der Waals surface area contributed by atoms with Crippen molar-refractivity contribution in [2.24, 2.45) is 0 Å². The Kier molecular flexibility index (Phi) is 4.62. The lowest BCUT2D eigenvalue weighted by molar-refractivity contribution is 1.60. The molecule has 0 atom stereocenters. The first kappa shape index (κ1) is 14.8. The van der Waals surface area contributed by atoms with E-state index in [0.29, 0.717) is 0 Å². The van der Waals surface area contributed by atoms with Gasteiger partial charge in [0.05, 0.1) is 0 Å². The molecule has 0 unspecified atom stereocenters. The van der Waals surface area contributed by atoms with Gasteiger partial charge in [0.2, 0.25) is 0 Å². The molecule has 2 heteroatoms. The third-order valence-electron chi connectivity index (χ3n) is 2.05. The highest BCUT2D eigenvalue weighted by molar-refractivity contribution is 6.84.